The molecule has 27 heavy (non-hydrogen) atoms. The molecule has 1 N–H and O–H groups in total. The van der Waals surface area contributed by atoms with Crippen LogP contribution in [0.3, 0.4) is 0 Å². The molecular weight excluding hydrogens is 346 g/mol. The van der Waals surface area contributed by atoms with Crippen LogP contribution in [0, 0.1) is 6.92 Å². The molecule has 7 nitrogen and oxygen atoms in total. The van der Waals surface area contributed by atoms with Crippen molar-refractivity contribution >= 4 is 5.91 Å². The van der Waals surface area contributed by atoms with E-state index in [9.17, 15) is 9.90 Å². The third-order valence-electron chi connectivity index (χ3n) is 5.50. The number of ether oxygens (including phenoxy) is 2. The van der Waals surface area contributed by atoms with E-state index in [4.69, 9.17) is 9.47 Å². The van der Waals surface area contributed by atoms with Crippen LogP contribution in [0.15, 0.2) is 30.6 Å². The lowest BCUT2D eigenvalue weighted by molar-refractivity contribution is -0.135. The first-order valence-corrected chi connectivity index (χ1v) is 9.39. The normalized spacial score (nSPS) is 17.9. The van der Waals surface area contributed by atoms with E-state index in [1.165, 1.54) is 0 Å². The Kier molecular flexibility index (Phi) is 4.78. The summed E-state index contributed by atoms with van der Waals surface area (Å²) in [4.78, 5) is 18.6. The SMILES string of the molecule is Cc1nccn1CC1(O)CCN(C(=O)CCc2ccc3c(c2)OCO3)CC1. The maximum atomic E-state index is 12.6. The van der Waals surface area contributed by atoms with Crippen molar-refractivity contribution in [2.45, 2.75) is 44.8 Å². The van der Waals surface area contributed by atoms with Crippen molar-refractivity contribution in [1.29, 1.82) is 0 Å². The second kappa shape index (κ2) is 7.23. The van der Waals surface area contributed by atoms with Gasteiger partial charge in [0.25, 0.3) is 0 Å². The average molecular weight is 371 g/mol. The van der Waals surface area contributed by atoms with Gasteiger partial charge in [-0.25, -0.2) is 4.98 Å². The number of imidazole rings is 1. The van der Waals surface area contributed by atoms with E-state index in [0.717, 1.165) is 22.9 Å². The van der Waals surface area contributed by atoms with Gasteiger partial charge in [-0.1, -0.05) is 6.07 Å². The second-order valence-electron chi connectivity index (χ2n) is 7.40. The van der Waals surface area contributed by atoms with Crippen LogP contribution in [0.2, 0.25) is 0 Å². The van der Waals surface area contributed by atoms with Gasteiger partial charge in [0, 0.05) is 31.9 Å². The molecule has 0 bridgehead atoms. The number of carbonyl (C=O) groups is 1. The summed E-state index contributed by atoms with van der Waals surface area (Å²) in [6.07, 6.45) is 5.92. The topological polar surface area (TPSA) is 76.8 Å². The summed E-state index contributed by atoms with van der Waals surface area (Å²) in [7, 11) is 0. The number of hydrogen-bond acceptors (Lipinski definition) is 5. The second-order valence-corrected chi connectivity index (χ2v) is 7.40. The highest BCUT2D eigenvalue weighted by Gasteiger charge is 2.34. The van der Waals surface area contributed by atoms with Gasteiger partial charge in [-0.3, -0.25) is 4.79 Å². The first kappa shape index (κ1) is 17.9. The molecule has 1 fully saturated rings. The molecule has 3 heterocycles. The van der Waals surface area contributed by atoms with Crippen molar-refractivity contribution in [3.63, 3.8) is 0 Å². The zero-order chi connectivity index (χ0) is 18.9. The van der Waals surface area contributed by atoms with Gasteiger partial charge >= 0.3 is 0 Å². The van der Waals surface area contributed by atoms with E-state index in [0.29, 0.717) is 45.3 Å². The predicted octanol–water partition coefficient (Wildman–Crippen LogP) is 1.91. The zero-order valence-electron chi connectivity index (χ0n) is 15.6. The highest BCUT2D eigenvalue weighted by atomic mass is 16.7. The first-order valence-electron chi connectivity index (χ1n) is 9.39. The van der Waals surface area contributed by atoms with Crippen LogP contribution < -0.4 is 9.47 Å². The number of fused-ring (bicyclic) bond motifs is 1. The Labute approximate surface area is 158 Å². The Hall–Kier alpha value is -2.54. The van der Waals surface area contributed by atoms with Gasteiger partial charge in [-0.05, 0) is 43.9 Å². The van der Waals surface area contributed by atoms with E-state index in [2.05, 4.69) is 4.98 Å². The quantitative estimate of drug-likeness (QED) is 0.869. The number of rotatable bonds is 5. The van der Waals surface area contributed by atoms with E-state index >= 15 is 0 Å². The largest absolute Gasteiger partial charge is 0.454 e. The van der Waals surface area contributed by atoms with Gasteiger partial charge in [0.1, 0.15) is 5.82 Å². The summed E-state index contributed by atoms with van der Waals surface area (Å²) < 4.78 is 12.7. The van der Waals surface area contributed by atoms with Crippen LogP contribution in [-0.2, 0) is 17.8 Å². The van der Waals surface area contributed by atoms with Crippen molar-refractivity contribution < 1.29 is 19.4 Å². The van der Waals surface area contributed by atoms with Gasteiger partial charge in [0.2, 0.25) is 12.7 Å². The van der Waals surface area contributed by atoms with E-state index in [1.807, 2.05) is 40.8 Å². The van der Waals surface area contributed by atoms with Crippen molar-refractivity contribution in [1.82, 2.24) is 14.5 Å². The number of piperidine rings is 1. The number of benzene rings is 1. The minimum Gasteiger partial charge on any atom is -0.454 e. The third-order valence-corrected chi connectivity index (χ3v) is 5.50. The number of hydrogen-bond donors (Lipinski definition) is 1. The molecule has 2 aliphatic heterocycles. The molecule has 7 heteroatoms. The number of aliphatic hydroxyl groups is 1. The molecule has 1 aromatic carbocycles. The summed E-state index contributed by atoms with van der Waals surface area (Å²) in [5.74, 6) is 2.53. The fourth-order valence-electron chi connectivity index (χ4n) is 3.72. The third kappa shape index (κ3) is 3.93. The molecule has 0 saturated carbocycles. The molecule has 0 spiro atoms. The molecule has 1 amide bonds. The summed E-state index contributed by atoms with van der Waals surface area (Å²) in [6.45, 7) is 3.89. The Morgan fingerprint density at radius 1 is 1.26 bits per heavy atom. The highest BCUT2D eigenvalue weighted by Crippen LogP contribution is 2.33. The molecule has 0 atom stereocenters. The van der Waals surface area contributed by atoms with Gasteiger partial charge in [0.15, 0.2) is 11.5 Å². The highest BCUT2D eigenvalue weighted by molar-refractivity contribution is 5.76. The molecule has 0 unspecified atom stereocenters. The van der Waals surface area contributed by atoms with Crippen LogP contribution in [0.5, 0.6) is 11.5 Å². The van der Waals surface area contributed by atoms with Gasteiger partial charge in [-0.15, -0.1) is 0 Å². The van der Waals surface area contributed by atoms with Crippen molar-refractivity contribution in [3.05, 3.63) is 42.0 Å². The number of nitrogens with zero attached hydrogens (tertiary/aromatic N) is 3. The molecule has 0 radical (unpaired) electrons. The number of carbonyl (C=O) groups excluding carboxylic acids is 1. The van der Waals surface area contributed by atoms with Gasteiger partial charge in [0.05, 0.1) is 12.1 Å². The monoisotopic (exact) mass is 371 g/mol. The fourth-order valence-corrected chi connectivity index (χ4v) is 3.72. The summed E-state index contributed by atoms with van der Waals surface area (Å²) in [5.41, 5.74) is 0.288. The fraction of sp³-hybridized carbons (Fsp3) is 0.500. The minimum atomic E-state index is -0.778. The number of likely N-dealkylation sites (tertiary alicyclic amines) is 1. The first-order chi connectivity index (χ1) is 13.0. The maximum absolute atomic E-state index is 12.6. The van der Waals surface area contributed by atoms with Crippen LogP contribution in [0.4, 0.5) is 0 Å². The molecule has 2 aromatic rings. The van der Waals surface area contributed by atoms with E-state index in [1.54, 1.807) is 6.20 Å². The van der Waals surface area contributed by atoms with Crippen molar-refractivity contribution in [2.75, 3.05) is 19.9 Å². The summed E-state index contributed by atoms with van der Waals surface area (Å²) >= 11 is 0. The molecule has 1 aromatic heterocycles. The maximum Gasteiger partial charge on any atom is 0.231 e. The lowest BCUT2D eigenvalue weighted by Crippen LogP contribution is -2.48. The summed E-state index contributed by atoms with van der Waals surface area (Å²) in [5, 5.41) is 10.9. The smallest absolute Gasteiger partial charge is 0.231 e. The lowest BCUT2D eigenvalue weighted by Gasteiger charge is -2.38. The molecule has 144 valence electrons. The summed E-state index contributed by atoms with van der Waals surface area (Å²) in [6, 6.07) is 5.81. The Morgan fingerprint density at radius 3 is 2.78 bits per heavy atom. The van der Waals surface area contributed by atoms with Crippen LogP contribution >= 0.6 is 0 Å². The molecule has 4 rings (SSSR count). The predicted molar refractivity (Wildman–Crippen MR) is 98.6 cm³/mol. The van der Waals surface area contributed by atoms with Gasteiger partial charge < -0.3 is 24.0 Å². The average Bonchev–Trinajstić information content (AvgIpc) is 3.28. The van der Waals surface area contributed by atoms with E-state index in [-0.39, 0.29) is 12.7 Å². The Morgan fingerprint density at radius 2 is 2.04 bits per heavy atom. The Bertz CT molecular complexity index is 824. The Balaban J connectivity index is 1.28. The number of aromatic nitrogens is 2. The molecular formula is C20H25N3O4. The number of amides is 1. The molecule has 1 saturated heterocycles. The van der Waals surface area contributed by atoms with Crippen LogP contribution in [-0.4, -0.2) is 50.9 Å². The van der Waals surface area contributed by atoms with Gasteiger partial charge in [-0.2, -0.15) is 0 Å². The van der Waals surface area contributed by atoms with Crippen LogP contribution in [0.25, 0.3) is 0 Å². The zero-order valence-corrected chi connectivity index (χ0v) is 15.6. The molecule has 0 aliphatic carbocycles. The molecule has 2 aliphatic rings. The minimum absolute atomic E-state index is 0.133. The van der Waals surface area contributed by atoms with Crippen LogP contribution in [0.1, 0.15) is 30.7 Å². The van der Waals surface area contributed by atoms with Crippen molar-refractivity contribution in [2.24, 2.45) is 0 Å². The van der Waals surface area contributed by atoms with E-state index < -0.39 is 5.60 Å². The van der Waals surface area contributed by atoms with Crippen molar-refractivity contribution in [3.8, 4) is 11.5 Å². The lowest BCUT2D eigenvalue weighted by atomic mass is 9.91. The standard InChI is InChI=1S/C20H25N3O4/c1-15-21-8-11-23(15)13-20(25)6-9-22(10-7-20)19(24)5-3-16-2-4-17-18(12-16)27-14-26-17/h2,4,8,11-12,25H,3,5-7,9-10,13-14H2,1H3. The number of aryl methyl sites for hydroxylation is 2.